The van der Waals surface area contributed by atoms with Crippen LogP contribution in [0.4, 0.5) is 23.8 Å². The quantitative estimate of drug-likeness (QED) is 0.860. The van der Waals surface area contributed by atoms with E-state index in [1.165, 1.54) is 4.90 Å². The van der Waals surface area contributed by atoms with Crippen molar-refractivity contribution in [1.82, 2.24) is 14.7 Å². The molecule has 1 aromatic carbocycles. The van der Waals surface area contributed by atoms with Gasteiger partial charge in [0.25, 0.3) is 0 Å². The standard InChI is InChI=1S/C17H19F3N4O3/c1-16(2)10-23(9-11-4-5-12(26-3)8-13(11)27-16)15(25)21-14-6-7-24(22-14)17(18,19)20/h4-8H,9-10H2,1-3H3,(H,21,22,25). The second-order valence-corrected chi connectivity index (χ2v) is 6.74. The average molecular weight is 384 g/mol. The Hall–Kier alpha value is -2.91. The molecular formula is C17H19F3N4O3. The largest absolute Gasteiger partial charge is 0.504 e. The van der Waals surface area contributed by atoms with Crippen LogP contribution in [0.3, 0.4) is 0 Å². The Bertz CT molecular complexity index is 848. The Kier molecular flexibility index (Phi) is 4.66. The van der Waals surface area contributed by atoms with Crippen LogP contribution in [0, 0.1) is 0 Å². The van der Waals surface area contributed by atoms with E-state index in [0.717, 1.165) is 17.8 Å². The van der Waals surface area contributed by atoms with Crippen LogP contribution in [0.5, 0.6) is 11.5 Å². The minimum atomic E-state index is -4.64. The molecule has 0 atom stereocenters. The van der Waals surface area contributed by atoms with Crippen LogP contribution in [0.2, 0.25) is 0 Å². The molecule has 1 aromatic heterocycles. The Balaban J connectivity index is 1.80. The molecule has 2 heterocycles. The summed E-state index contributed by atoms with van der Waals surface area (Å²) in [6.45, 7) is 4.10. The van der Waals surface area contributed by atoms with Crippen LogP contribution in [-0.2, 0) is 12.8 Å². The minimum Gasteiger partial charge on any atom is -0.497 e. The van der Waals surface area contributed by atoms with Gasteiger partial charge in [-0.3, -0.25) is 5.32 Å². The molecule has 0 radical (unpaired) electrons. The van der Waals surface area contributed by atoms with Gasteiger partial charge in [0.05, 0.1) is 20.2 Å². The van der Waals surface area contributed by atoms with Crippen molar-refractivity contribution in [3.63, 3.8) is 0 Å². The molecule has 27 heavy (non-hydrogen) atoms. The molecule has 0 bridgehead atoms. The molecule has 2 amide bonds. The fourth-order valence-corrected chi connectivity index (χ4v) is 2.80. The highest BCUT2D eigenvalue weighted by Gasteiger charge is 2.34. The second kappa shape index (κ2) is 6.67. The lowest BCUT2D eigenvalue weighted by molar-refractivity contribution is -0.212. The molecule has 2 aromatic rings. The molecule has 7 nitrogen and oxygen atoms in total. The lowest BCUT2D eigenvalue weighted by Gasteiger charge is -2.29. The van der Waals surface area contributed by atoms with Crippen molar-refractivity contribution in [2.75, 3.05) is 19.0 Å². The highest BCUT2D eigenvalue weighted by Crippen LogP contribution is 2.33. The summed E-state index contributed by atoms with van der Waals surface area (Å²) in [5, 5.41) is 5.73. The van der Waals surface area contributed by atoms with E-state index in [0.29, 0.717) is 11.5 Å². The fraction of sp³-hybridized carbons (Fsp3) is 0.412. The number of fused-ring (bicyclic) bond motifs is 1. The third-order valence-electron chi connectivity index (χ3n) is 3.96. The average Bonchev–Trinajstić information content (AvgIpc) is 2.98. The number of anilines is 1. The SMILES string of the molecule is COc1ccc2c(c1)OC(C)(C)CN(C(=O)Nc1ccn(C(F)(F)F)n1)C2. The molecule has 146 valence electrons. The van der Waals surface area contributed by atoms with Gasteiger partial charge in [0, 0.05) is 23.9 Å². The third-order valence-corrected chi connectivity index (χ3v) is 3.96. The number of aromatic nitrogens is 2. The molecule has 0 aliphatic carbocycles. The third kappa shape index (κ3) is 4.26. The molecule has 1 N–H and O–H groups in total. The van der Waals surface area contributed by atoms with E-state index < -0.39 is 17.9 Å². The predicted molar refractivity (Wildman–Crippen MR) is 90.7 cm³/mol. The summed E-state index contributed by atoms with van der Waals surface area (Å²) >= 11 is 0. The molecule has 1 aliphatic heterocycles. The second-order valence-electron chi connectivity index (χ2n) is 6.74. The predicted octanol–water partition coefficient (Wildman–Crippen LogP) is 3.57. The van der Waals surface area contributed by atoms with Crippen LogP contribution < -0.4 is 14.8 Å². The van der Waals surface area contributed by atoms with Gasteiger partial charge in [-0.15, -0.1) is 18.3 Å². The maximum atomic E-state index is 12.6. The van der Waals surface area contributed by atoms with Crippen molar-refractivity contribution in [3.05, 3.63) is 36.0 Å². The van der Waals surface area contributed by atoms with Crippen LogP contribution in [0.15, 0.2) is 30.5 Å². The number of nitrogens with one attached hydrogen (secondary N) is 1. The maximum absolute atomic E-state index is 12.6. The first kappa shape index (κ1) is 18.9. The first-order valence-corrected chi connectivity index (χ1v) is 8.12. The summed E-state index contributed by atoms with van der Waals surface area (Å²) in [6, 6.07) is 5.80. The van der Waals surface area contributed by atoms with Crippen molar-refractivity contribution in [2.24, 2.45) is 0 Å². The van der Waals surface area contributed by atoms with Crippen LogP contribution in [0.25, 0.3) is 0 Å². The maximum Gasteiger partial charge on any atom is 0.504 e. The van der Waals surface area contributed by atoms with Crippen molar-refractivity contribution >= 4 is 11.8 Å². The van der Waals surface area contributed by atoms with E-state index >= 15 is 0 Å². The molecule has 0 unspecified atom stereocenters. The van der Waals surface area contributed by atoms with E-state index in [1.54, 1.807) is 25.3 Å². The number of nitrogens with zero attached hydrogens (tertiary/aromatic N) is 3. The Morgan fingerprint density at radius 2 is 2.07 bits per heavy atom. The van der Waals surface area contributed by atoms with Crippen LogP contribution in [0.1, 0.15) is 19.4 Å². The number of benzene rings is 1. The number of methoxy groups -OCH3 is 1. The number of amides is 2. The first-order valence-electron chi connectivity index (χ1n) is 8.12. The molecule has 3 rings (SSSR count). The normalized spacial score (nSPS) is 16.1. The number of ether oxygens (including phenoxy) is 2. The first-order chi connectivity index (χ1) is 12.6. The van der Waals surface area contributed by atoms with E-state index in [4.69, 9.17) is 9.47 Å². The summed E-state index contributed by atoms with van der Waals surface area (Å²) in [7, 11) is 1.55. The molecular weight excluding hydrogens is 365 g/mol. The fourth-order valence-electron chi connectivity index (χ4n) is 2.80. The molecule has 0 saturated heterocycles. The number of alkyl halides is 3. The van der Waals surface area contributed by atoms with Crippen molar-refractivity contribution < 1.29 is 27.4 Å². The minimum absolute atomic E-state index is 0.167. The number of hydrogen-bond acceptors (Lipinski definition) is 4. The summed E-state index contributed by atoms with van der Waals surface area (Å²) in [6.07, 6.45) is -3.90. The van der Waals surface area contributed by atoms with Crippen molar-refractivity contribution in [3.8, 4) is 11.5 Å². The van der Waals surface area contributed by atoms with Gasteiger partial charge < -0.3 is 14.4 Å². The zero-order valence-electron chi connectivity index (χ0n) is 15.0. The zero-order valence-corrected chi connectivity index (χ0v) is 15.0. The smallest absolute Gasteiger partial charge is 0.497 e. The topological polar surface area (TPSA) is 68.6 Å². The van der Waals surface area contributed by atoms with Crippen LogP contribution in [-0.4, -0.2) is 40.0 Å². The molecule has 0 fully saturated rings. The summed E-state index contributed by atoms with van der Waals surface area (Å²) < 4.78 is 48.9. The van der Waals surface area contributed by atoms with Gasteiger partial charge in [-0.05, 0) is 26.0 Å². The van der Waals surface area contributed by atoms with Gasteiger partial charge in [-0.1, -0.05) is 0 Å². The van der Waals surface area contributed by atoms with E-state index in [9.17, 15) is 18.0 Å². The summed E-state index contributed by atoms with van der Waals surface area (Å²) in [5.41, 5.74) is 0.0534. The zero-order chi connectivity index (χ0) is 19.8. The lowest BCUT2D eigenvalue weighted by atomic mass is 10.1. The molecule has 10 heteroatoms. The van der Waals surface area contributed by atoms with Crippen molar-refractivity contribution in [1.29, 1.82) is 0 Å². The van der Waals surface area contributed by atoms with Crippen molar-refractivity contribution in [2.45, 2.75) is 32.3 Å². The van der Waals surface area contributed by atoms with E-state index in [2.05, 4.69) is 10.4 Å². The van der Waals surface area contributed by atoms with Gasteiger partial charge in [-0.25, -0.2) is 4.79 Å². The number of halogens is 3. The number of urea groups is 1. The Morgan fingerprint density at radius 1 is 1.33 bits per heavy atom. The summed E-state index contributed by atoms with van der Waals surface area (Å²) in [5.74, 6) is 1.03. The number of rotatable bonds is 2. The Morgan fingerprint density at radius 3 is 2.70 bits per heavy atom. The highest BCUT2D eigenvalue weighted by molar-refractivity contribution is 5.88. The monoisotopic (exact) mass is 384 g/mol. The van der Waals surface area contributed by atoms with Gasteiger partial charge in [-0.2, -0.15) is 4.68 Å². The molecule has 0 spiro atoms. The molecule has 1 aliphatic rings. The van der Waals surface area contributed by atoms with Gasteiger partial charge in [0.15, 0.2) is 5.82 Å². The number of carbonyl (C=O) groups excluding carboxylic acids is 1. The summed E-state index contributed by atoms with van der Waals surface area (Å²) in [4.78, 5) is 14.1. The highest BCUT2D eigenvalue weighted by atomic mass is 19.4. The molecule has 0 saturated carbocycles. The van der Waals surface area contributed by atoms with Gasteiger partial charge >= 0.3 is 12.3 Å². The lowest BCUT2D eigenvalue weighted by Crippen LogP contribution is -2.44. The van der Waals surface area contributed by atoms with Crippen LogP contribution >= 0.6 is 0 Å². The number of hydrogen-bond donors (Lipinski definition) is 1. The van der Waals surface area contributed by atoms with Gasteiger partial charge in [0.2, 0.25) is 0 Å². The van der Waals surface area contributed by atoms with E-state index in [-0.39, 0.29) is 23.6 Å². The number of carbonyl (C=O) groups is 1. The van der Waals surface area contributed by atoms with Gasteiger partial charge in [0.1, 0.15) is 17.1 Å². The Labute approximate surface area is 153 Å². The van der Waals surface area contributed by atoms with E-state index in [1.807, 2.05) is 13.8 Å².